The van der Waals surface area contributed by atoms with Crippen LogP contribution in [0.1, 0.15) is 59.4 Å². The summed E-state index contributed by atoms with van der Waals surface area (Å²) in [5.41, 5.74) is 0.242. The largest absolute Gasteiger partial charge is 0.331 e. The lowest BCUT2D eigenvalue weighted by molar-refractivity contribution is 0.378. The lowest BCUT2D eigenvalue weighted by Crippen LogP contribution is -2.42. The Morgan fingerprint density at radius 2 is 1.96 bits per heavy atom. The molecule has 0 amide bonds. The van der Waals surface area contributed by atoms with E-state index in [0.717, 1.165) is 25.7 Å². The molecule has 1 atom stereocenters. The van der Waals surface area contributed by atoms with E-state index in [1.54, 1.807) is 23.0 Å². The summed E-state index contributed by atoms with van der Waals surface area (Å²) in [4.78, 5) is 29.5. The van der Waals surface area contributed by atoms with E-state index in [4.69, 9.17) is 0 Å². The molecule has 126 valence electrons. The molecule has 0 saturated carbocycles. The van der Waals surface area contributed by atoms with Gasteiger partial charge in [-0.15, -0.1) is 0 Å². The normalized spacial score (nSPS) is 12.9. The number of aromatic nitrogens is 3. The number of rotatable bonds is 7. The Kier molecular flexibility index (Phi) is 5.74. The Labute approximate surface area is 137 Å². The molecule has 0 radical (unpaired) electrons. The molecular weight excluding hydrogens is 290 g/mol. The predicted molar refractivity (Wildman–Crippen MR) is 94.0 cm³/mol. The first-order chi connectivity index (χ1) is 11.0. The first-order valence-corrected chi connectivity index (χ1v) is 8.60. The molecule has 5 heteroatoms. The van der Waals surface area contributed by atoms with Crippen molar-refractivity contribution in [3.63, 3.8) is 0 Å². The van der Waals surface area contributed by atoms with Crippen molar-refractivity contribution in [1.82, 2.24) is 14.1 Å². The Morgan fingerprint density at radius 1 is 1.22 bits per heavy atom. The summed E-state index contributed by atoms with van der Waals surface area (Å²) in [5.74, 6) is 0.446. The van der Waals surface area contributed by atoms with Gasteiger partial charge >= 0.3 is 5.69 Å². The van der Waals surface area contributed by atoms with Gasteiger partial charge in [0.25, 0.3) is 5.56 Å². The zero-order chi connectivity index (χ0) is 17.0. The molecule has 0 aliphatic rings. The van der Waals surface area contributed by atoms with Crippen molar-refractivity contribution in [2.45, 2.75) is 66.0 Å². The number of nitrogens with zero attached hydrogens (tertiary/aromatic N) is 3. The minimum atomic E-state index is -0.244. The molecule has 0 N–H and O–H groups in total. The molecule has 23 heavy (non-hydrogen) atoms. The number of hydrogen-bond donors (Lipinski definition) is 0. The molecule has 1 unspecified atom stereocenters. The van der Waals surface area contributed by atoms with E-state index in [1.165, 1.54) is 4.57 Å². The van der Waals surface area contributed by atoms with Gasteiger partial charge in [0.15, 0.2) is 0 Å². The molecule has 0 fully saturated rings. The fourth-order valence-corrected chi connectivity index (χ4v) is 3.04. The first-order valence-electron chi connectivity index (χ1n) is 8.60. The quantitative estimate of drug-likeness (QED) is 0.787. The van der Waals surface area contributed by atoms with Crippen molar-refractivity contribution in [3.8, 4) is 0 Å². The van der Waals surface area contributed by atoms with Gasteiger partial charge in [-0.2, -0.15) is 0 Å². The fraction of sp³-hybridized carbons (Fsp3) is 0.611. The van der Waals surface area contributed by atoms with Gasteiger partial charge in [0, 0.05) is 25.0 Å². The summed E-state index contributed by atoms with van der Waals surface area (Å²) >= 11 is 0. The van der Waals surface area contributed by atoms with Crippen LogP contribution in [0.15, 0.2) is 28.0 Å². The third-order valence-corrected chi connectivity index (χ3v) is 4.48. The predicted octanol–water partition coefficient (Wildman–Crippen LogP) is 3.36. The fourth-order valence-electron chi connectivity index (χ4n) is 3.04. The van der Waals surface area contributed by atoms with Crippen molar-refractivity contribution in [2.75, 3.05) is 0 Å². The summed E-state index contributed by atoms with van der Waals surface area (Å²) in [6.07, 6.45) is 7.66. The maximum absolute atomic E-state index is 12.9. The Hall–Kier alpha value is -1.91. The van der Waals surface area contributed by atoms with Crippen LogP contribution in [0.2, 0.25) is 0 Å². The van der Waals surface area contributed by atoms with Gasteiger partial charge < -0.3 is 0 Å². The van der Waals surface area contributed by atoms with Crippen LogP contribution in [-0.2, 0) is 6.54 Å². The van der Waals surface area contributed by atoms with Gasteiger partial charge in [-0.1, -0.05) is 33.1 Å². The third-order valence-electron chi connectivity index (χ3n) is 4.48. The highest BCUT2D eigenvalue weighted by molar-refractivity contribution is 5.76. The summed E-state index contributed by atoms with van der Waals surface area (Å²) in [7, 11) is 0. The molecule has 0 aromatic carbocycles. The highest BCUT2D eigenvalue weighted by Crippen LogP contribution is 2.17. The van der Waals surface area contributed by atoms with Crippen LogP contribution in [0.4, 0.5) is 0 Å². The average molecular weight is 317 g/mol. The number of fused-ring (bicyclic) bond motifs is 1. The molecule has 0 bridgehead atoms. The number of pyridine rings is 1. The van der Waals surface area contributed by atoms with E-state index in [9.17, 15) is 9.59 Å². The van der Waals surface area contributed by atoms with Crippen LogP contribution in [-0.4, -0.2) is 14.1 Å². The monoisotopic (exact) mass is 317 g/mol. The zero-order valence-corrected chi connectivity index (χ0v) is 14.6. The van der Waals surface area contributed by atoms with Gasteiger partial charge in [0.1, 0.15) is 0 Å². The van der Waals surface area contributed by atoms with Crippen molar-refractivity contribution in [1.29, 1.82) is 0 Å². The summed E-state index contributed by atoms with van der Waals surface area (Å²) < 4.78 is 3.11. The Bertz CT molecular complexity index is 774. The van der Waals surface area contributed by atoms with Gasteiger partial charge in [0.2, 0.25) is 0 Å². The van der Waals surface area contributed by atoms with Crippen molar-refractivity contribution in [2.24, 2.45) is 5.92 Å². The van der Waals surface area contributed by atoms with Crippen molar-refractivity contribution in [3.05, 3.63) is 39.3 Å². The lowest BCUT2D eigenvalue weighted by atomic mass is 9.99. The number of unbranched alkanes of at least 4 members (excludes halogenated alkanes) is 1. The van der Waals surface area contributed by atoms with Crippen LogP contribution in [0, 0.1) is 5.92 Å². The van der Waals surface area contributed by atoms with Crippen LogP contribution in [0.5, 0.6) is 0 Å². The van der Waals surface area contributed by atoms with E-state index in [1.807, 2.05) is 13.8 Å². The van der Waals surface area contributed by atoms with Gasteiger partial charge in [-0.3, -0.25) is 18.9 Å². The second-order valence-electron chi connectivity index (χ2n) is 6.47. The SMILES string of the molecule is CCCCC(CC)Cn1c(=O)n(C(C)C)c(=O)c2cnccc21. The van der Waals surface area contributed by atoms with Gasteiger partial charge in [-0.05, 0) is 32.3 Å². The third kappa shape index (κ3) is 3.54. The topological polar surface area (TPSA) is 56.9 Å². The summed E-state index contributed by atoms with van der Waals surface area (Å²) in [5, 5.41) is 0.520. The summed E-state index contributed by atoms with van der Waals surface area (Å²) in [6, 6.07) is 1.61. The first kappa shape index (κ1) is 17.4. The highest BCUT2D eigenvalue weighted by Gasteiger charge is 2.17. The maximum Gasteiger partial charge on any atom is 0.331 e. The van der Waals surface area contributed by atoms with Crippen LogP contribution in [0.25, 0.3) is 10.9 Å². The average Bonchev–Trinajstić information content (AvgIpc) is 2.54. The van der Waals surface area contributed by atoms with Gasteiger partial charge in [0.05, 0.1) is 10.9 Å². The molecule has 5 nitrogen and oxygen atoms in total. The van der Waals surface area contributed by atoms with Crippen LogP contribution >= 0.6 is 0 Å². The van der Waals surface area contributed by atoms with E-state index >= 15 is 0 Å². The molecule has 2 aromatic heterocycles. The van der Waals surface area contributed by atoms with Crippen LogP contribution in [0.3, 0.4) is 0 Å². The molecule has 0 spiro atoms. The van der Waals surface area contributed by atoms with Crippen molar-refractivity contribution < 1.29 is 0 Å². The van der Waals surface area contributed by atoms with Crippen molar-refractivity contribution >= 4 is 10.9 Å². The molecule has 0 aliphatic heterocycles. The van der Waals surface area contributed by atoms with E-state index < -0.39 is 0 Å². The second kappa shape index (κ2) is 7.57. The summed E-state index contributed by atoms with van der Waals surface area (Å²) in [6.45, 7) is 8.72. The molecule has 2 rings (SSSR count). The van der Waals surface area contributed by atoms with Gasteiger partial charge in [-0.25, -0.2) is 4.79 Å². The second-order valence-corrected chi connectivity index (χ2v) is 6.47. The minimum Gasteiger partial charge on any atom is -0.293 e. The number of hydrogen-bond acceptors (Lipinski definition) is 3. The van der Waals surface area contributed by atoms with E-state index in [2.05, 4.69) is 18.8 Å². The van der Waals surface area contributed by atoms with E-state index in [0.29, 0.717) is 23.4 Å². The molecule has 0 saturated heterocycles. The Balaban J connectivity index is 2.62. The Morgan fingerprint density at radius 3 is 2.57 bits per heavy atom. The lowest BCUT2D eigenvalue weighted by Gasteiger charge is -2.20. The maximum atomic E-state index is 12.9. The standard InChI is InChI=1S/C18H27N3O2/c1-5-7-8-14(6-2)12-20-16-9-10-19-11-15(16)17(22)21(13(3)4)18(20)23/h9-11,13-14H,5-8,12H2,1-4H3. The highest BCUT2D eigenvalue weighted by atomic mass is 16.2. The van der Waals surface area contributed by atoms with Crippen LogP contribution < -0.4 is 11.2 Å². The molecule has 2 heterocycles. The smallest absolute Gasteiger partial charge is 0.293 e. The van der Waals surface area contributed by atoms with E-state index in [-0.39, 0.29) is 17.3 Å². The molecular formula is C18H27N3O2. The molecule has 0 aliphatic carbocycles. The zero-order valence-electron chi connectivity index (χ0n) is 14.6. The minimum absolute atomic E-state index is 0.165. The molecule has 2 aromatic rings.